The Labute approximate surface area is 142 Å². The summed E-state index contributed by atoms with van der Waals surface area (Å²) in [5.41, 5.74) is -1.26. The Hall–Kier alpha value is -2.47. The molecule has 2 heterocycles. The Morgan fingerprint density at radius 2 is 2.17 bits per heavy atom. The zero-order valence-corrected chi connectivity index (χ0v) is 13.9. The van der Waals surface area contributed by atoms with Crippen molar-refractivity contribution in [3.8, 4) is 6.07 Å². The first-order valence-corrected chi connectivity index (χ1v) is 8.76. The summed E-state index contributed by atoms with van der Waals surface area (Å²) in [7, 11) is 0. The number of nitriles is 1. The maximum absolute atomic E-state index is 11.7. The van der Waals surface area contributed by atoms with Crippen LogP contribution in [0.5, 0.6) is 0 Å². The van der Waals surface area contributed by atoms with Gasteiger partial charge in [-0.25, -0.2) is 9.78 Å². The van der Waals surface area contributed by atoms with E-state index in [-0.39, 0.29) is 5.56 Å². The molecule has 2 N–H and O–H groups in total. The molecule has 0 unspecified atom stereocenters. The fourth-order valence-electron chi connectivity index (χ4n) is 2.87. The molecule has 9 heteroatoms. The van der Waals surface area contributed by atoms with E-state index < -0.39 is 11.2 Å². The van der Waals surface area contributed by atoms with Gasteiger partial charge in [0.25, 0.3) is 5.56 Å². The van der Waals surface area contributed by atoms with Crippen LogP contribution in [0, 0.1) is 11.3 Å². The normalized spacial score (nSPS) is 15.1. The molecule has 1 fully saturated rings. The smallest absolute Gasteiger partial charge is 0.328 e. The van der Waals surface area contributed by atoms with E-state index in [1.54, 1.807) is 6.07 Å². The summed E-state index contributed by atoms with van der Waals surface area (Å²) in [5.74, 6) is 1.38. The lowest BCUT2D eigenvalue weighted by molar-refractivity contribution is 0.431. The van der Waals surface area contributed by atoms with Gasteiger partial charge >= 0.3 is 5.69 Å². The van der Waals surface area contributed by atoms with E-state index in [1.807, 2.05) is 0 Å². The molecule has 24 heavy (non-hydrogen) atoms. The third-order valence-electron chi connectivity index (χ3n) is 4.17. The van der Waals surface area contributed by atoms with Gasteiger partial charge in [-0.2, -0.15) is 9.64 Å². The fourth-order valence-corrected chi connectivity index (χ4v) is 3.54. The highest BCUT2D eigenvalue weighted by Gasteiger charge is 2.19. The summed E-state index contributed by atoms with van der Waals surface area (Å²) >= 11 is 1.32. The number of hydrogen-bond donors (Lipinski definition) is 2. The van der Waals surface area contributed by atoms with Gasteiger partial charge in [-0.05, 0) is 12.8 Å². The molecule has 0 aliphatic heterocycles. The molecular weight excluding hydrogens is 328 g/mol. The van der Waals surface area contributed by atoms with E-state index in [0.717, 1.165) is 23.8 Å². The summed E-state index contributed by atoms with van der Waals surface area (Å²) in [6.07, 6.45) is 7.35. The molecule has 0 atom stereocenters. The van der Waals surface area contributed by atoms with Crippen LogP contribution in [0.2, 0.25) is 0 Å². The van der Waals surface area contributed by atoms with Crippen molar-refractivity contribution in [3.63, 3.8) is 0 Å². The average molecular weight is 346 g/mol. The number of nitrogens with zero attached hydrogens (tertiary/aromatic N) is 4. The van der Waals surface area contributed by atoms with Gasteiger partial charge in [0.2, 0.25) is 5.13 Å². The minimum absolute atomic E-state index is 0.0786. The third-order valence-corrected chi connectivity index (χ3v) is 4.86. The Kier molecular flexibility index (Phi) is 5.05. The molecule has 1 saturated carbocycles. The first kappa shape index (κ1) is 16.4. The summed E-state index contributed by atoms with van der Waals surface area (Å²) in [6.45, 7) is 0.777. The zero-order chi connectivity index (χ0) is 16.9. The number of hydrogen-bond acceptors (Lipinski definition) is 7. The second-order valence-corrected chi connectivity index (χ2v) is 6.58. The minimum Gasteiger partial charge on any atom is -0.358 e. The summed E-state index contributed by atoms with van der Waals surface area (Å²) in [5, 5.41) is 12.7. The first-order valence-electron chi connectivity index (χ1n) is 7.98. The van der Waals surface area contributed by atoms with Gasteiger partial charge in [-0.3, -0.25) is 14.3 Å². The van der Waals surface area contributed by atoms with Crippen molar-refractivity contribution in [2.75, 3.05) is 11.9 Å². The second-order valence-electron chi connectivity index (χ2n) is 5.83. The van der Waals surface area contributed by atoms with Gasteiger partial charge in [0.15, 0.2) is 0 Å². The highest BCUT2D eigenvalue weighted by Crippen LogP contribution is 2.32. The van der Waals surface area contributed by atoms with Crippen LogP contribution in [0.25, 0.3) is 0 Å². The zero-order valence-electron chi connectivity index (χ0n) is 13.1. The van der Waals surface area contributed by atoms with Crippen molar-refractivity contribution in [2.45, 2.75) is 44.6 Å². The van der Waals surface area contributed by atoms with Crippen molar-refractivity contribution in [1.29, 1.82) is 5.26 Å². The van der Waals surface area contributed by atoms with Crippen molar-refractivity contribution >= 4 is 16.7 Å². The molecule has 3 rings (SSSR count). The second kappa shape index (κ2) is 7.40. The van der Waals surface area contributed by atoms with Crippen LogP contribution in [0.3, 0.4) is 0 Å². The lowest BCUT2D eigenvalue weighted by atomic mass is 9.89. The van der Waals surface area contributed by atoms with Crippen LogP contribution < -0.4 is 16.6 Å². The van der Waals surface area contributed by atoms with Crippen LogP contribution in [-0.2, 0) is 6.54 Å². The van der Waals surface area contributed by atoms with Crippen molar-refractivity contribution < 1.29 is 0 Å². The Morgan fingerprint density at radius 1 is 1.38 bits per heavy atom. The van der Waals surface area contributed by atoms with E-state index in [9.17, 15) is 9.59 Å². The molecule has 0 amide bonds. The highest BCUT2D eigenvalue weighted by atomic mass is 32.1. The highest BCUT2D eigenvalue weighted by molar-refractivity contribution is 7.09. The van der Waals surface area contributed by atoms with Gasteiger partial charge < -0.3 is 5.32 Å². The number of rotatable bonds is 5. The molecule has 2 aromatic rings. The molecule has 1 aliphatic carbocycles. The predicted octanol–water partition coefficient (Wildman–Crippen LogP) is 1.42. The lowest BCUT2D eigenvalue weighted by Crippen LogP contribution is -2.32. The molecule has 0 saturated heterocycles. The number of aromatic nitrogens is 4. The largest absolute Gasteiger partial charge is 0.358 e. The lowest BCUT2D eigenvalue weighted by Gasteiger charge is -2.18. The number of anilines is 1. The van der Waals surface area contributed by atoms with Gasteiger partial charge in [0, 0.05) is 36.7 Å². The van der Waals surface area contributed by atoms with Gasteiger partial charge in [0.1, 0.15) is 17.5 Å². The van der Waals surface area contributed by atoms with Crippen LogP contribution in [0.1, 0.15) is 49.4 Å². The van der Waals surface area contributed by atoms with Crippen LogP contribution >= 0.6 is 11.5 Å². The third kappa shape index (κ3) is 3.71. The predicted molar refractivity (Wildman–Crippen MR) is 90.3 cm³/mol. The van der Waals surface area contributed by atoms with Crippen LogP contribution in [-0.4, -0.2) is 25.5 Å². The van der Waals surface area contributed by atoms with Crippen molar-refractivity contribution in [2.24, 2.45) is 0 Å². The number of H-pyrrole nitrogens is 1. The topological polar surface area (TPSA) is 116 Å². The Bertz CT molecular complexity index is 856. The molecule has 2 aromatic heterocycles. The average Bonchev–Trinajstić information content (AvgIpc) is 3.06. The molecule has 0 spiro atoms. The molecule has 0 radical (unpaired) electrons. The molecular formula is C15H18N6O2S. The summed E-state index contributed by atoms with van der Waals surface area (Å²) < 4.78 is 5.73. The standard InChI is InChI=1S/C15H18N6O2S/c16-8-11-9-21(15(23)19-13(11)22)7-6-17-14-18-12(20-24-14)10-4-2-1-3-5-10/h9-10H,1-7H2,(H,17,18,20)(H,19,22,23). The molecule has 8 nitrogen and oxygen atoms in total. The quantitative estimate of drug-likeness (QED) is 0.845. The first-order chi connectivity index (χ1) is 11.7. The fraction of sp³-hybridized carbons (Fsp3) is 0.533. The number of aromatic amines is 1. The van der Waals surface area contributed by atoms with E-state index in [2.05, 4.69) is 19.7 Å². The Morgan fingerprint density at radius 3 is 2.92 bits per heavy atom. The molecule has 0 bridgehead atoms. The van der Waals surface area contributed by atoms with Crippen molar-refractivity contribution in [3.05, 3.63) is 38.4 Å². The number of nitrogens with one attached hydrogen (secondary N) is 2. The Balaban J connectivity index is 1.59. The van der Waals surface area contributed by atoms with E-state index in [4.69, 9.17) is 5.26 Å². The van der Waals surface area contributed by atoms with E-state index in [1.165, 1.54) is 41.6 Å². The summed E-state index contributed by atoms with van der Waals surface area (Å²) in [4.78, 5) is 29.7. The van der Waals surface area contributed by atoms with Crippen LogP contribution in [0.15, 0.2) is 15.8 Å². The van der Waals surface area contributed by atoms with E-state index in [0.29, 0.717) is 19.0 Å². The van der Waals surface area contributed by atoms with Gasteiger partial charge in [-0.15, -0.1) is 0 Å². The monoisotopic (exact) mass is 346 g/mol. The SMILES string of the molecule is N#Cc1cn(CCNc2nc(C3CCCCC3)ns2)c(=O)[nH]c1=O. The molecule has 1 aliphatic rings. The van der Waals surface area contributed by atoms with Crippen LogP contribution in [0.4, 0.5) is 5.13 Å². The maximum Gasteiger partial charge on any atom is 0.328 e. The van der Waals surface area contributed by atoms with E-state index >= 15 is 0 Å². The van der Waals surface area contributed by atoms with Crippen molar-refractivity contribution in [1.82, 2.24) is 18.9 Å². The molecule has 0 aromatic carbocycles. The molecule has 126 valence electrons. The maximum atomic E-state index is 11.7. The summed E-state index contributed by atoms with van der Waals surface area (Å²) in [6, 6.07) is 1.77. The van der Waals surface area contributed by atoms with Gasteiger partial charge in [0.05, 0.1) is 0 Å². The minimum atomic E-state index is -0.659. The van der Waals surface area contributed by atoms with Gasteiger partial charge in [-0.1, -0.05) is 19.3 Å².